The molecule has 0 aliphatic heterocycles. The lowest BCUT2D eigenvalue weighted by Gasteiger charge is -2.23. The summed E-state index contributed by atoms with van der Waals surface area (Å²) < 4.78 is 0. The molecule has 0 unspecified atom stereocenters. The molecule has 0 bridgehead atoms. The molecule has 0 aliphatic rings. The monoisotopic (exact) mass is 287 g/mol. The average Bonchev–Trinajstić information content (AvgIpc) is 2.39. The van der Waals surface area contributed by atoms with Crippen molar-refractivity contribution in [2.75, 3.05) is 5.32 Å². The molecule has 0 saturated carbocycles. The van der Waals surface area contributed by atoms with Gasteiger partial charge in [0.05, 0.1) is 0 Å². The summed E-state index contributed by atoms with van der Waals surface area (Å²) in [6, 6.07) is 17.2. The molecule has 0 spiro atoms. The Labute approximate surface area is 124 Å². The maximum atomic E-state index is 12.4. The van der Waals surface area contributed by atoms with E-state index in [1.807, 2.05) is 56.3 Å². The molecule has 3 heteroatoms. The van der Waals surface area contributed by atoms with Gasteiger partial charge in [-0.15, -0.1) is 0 Å². The highest BCUT2D eigenvalue weighted by Gasteiger charge is 2.27. The number of rotatable bonds is 4. The lowest BCUT2D eigenvalue weighted by Crippen LogP contribution is -2.32. The molecule has 20 heavy (non-hydrogen) atoms. The SMILES string of the molecule is CC(C)(Cc1ccccc1)C(=O)Nc1cccc(Cl)c1. The van der Waals surface area contributed by atoms with Crippen LogP contribution in [0.2, 0.25) is 5.02 Å². The van der Waals surface area contributed by atoms with Crippen LogP contribution in [0.5, 0.6) is 0 Å². The quantitative estimate of drug-likeness (QED) is 0.878. The Balaban J connectivity index is 2.07. The summed E-state index contributed by atoms with van der Waals surface area (Å²) in [7, 11) is 0. The van der Waals surface area contributed by atoms with Crippen LogP contribution >= 0.6 is 11.6 Å². The second-order valence-corrected chi connectivity index (χ2v) is 5.95. The fraction of sp³-hybridized carbons (Fsp3) is 0.235. The Bertz CT molecular complexity index is 593. The van der Waals surface area contributed by atoms with E-state index in [2.05, 4.69) is 5.32 Å². The molecule has 0 fully saturated rings. The van der Waals surface area contributed by atoms with Crippen LogP contribution in [0.25, 0.3) is 0 Å². The van der Waals surface area contributed by atoms with Crippen LogP contribution in [0, 0.1) is 5.41 Å². The van der Waals surface area contributed by atoms with Gasteiger partial charge in [-0.25, -0.2) is 0 Å². The summed E-state index contributed by atoms with van der Waals surface area (Å²) >= 11 is 5.92. The zero-order valence-electron chi connectivity index (χ0n) is 11.7. The van der Waals surface area contributed by atoms with Crippen molar-refractivity contribution in [1.29, 1.82) is 0 Å². The van der Waals surface area contributed by atoms with E-state index in [0.29, 0.717) is 11.4 Å². The molecule has 2 aromatic carbocycles. The second kappa shape index (κ2) is 6.10. The minimum Gasteiger partial charge on any atom is -0.326 e. The smallest absolute Gasteiger partial charge is 0.230 e. The van der Waals surface area contributed by atoms with Crippen LogP contribution in [0.3, 0.4) is 0 Å². The van der Waals surface area contributed by atoms with Gasteiger partial charge < -0.3 is 5.32 Å². The van der Waals surface area contributed by atoms with E-state index >= 15 is 0 Å². The lowest BCUT2D eigenvalue weighted by atomic mass is 9.84. The minimum absolute atomic E-state index is 0.0105. The maximum Gasteiger partial charge on any atom is 0.230 e. The van der Waals surface area contributed by atoms with Gasteiger partial charge in [-0.1, -0.05) is 61.8 Å². The Hall–Kier alpha value is -1.80. The highest BCUT2D eigenvalue weighted by Crippen LogP contribution is 2.25. The van der Waals surface area contributed by atoms with Gasteiger partial charge >= 0.3 is 0 Å². The van der Waals surface area contributed by atoms with Crippen LogP contribution in [0.1, 0.15) is 19.4 Å². The van der Waals surface area contributed by atoms with Crippen molar-refractivity contribution in [2.24, 2.45) is 5.41 Å². The van der Waals surface area contributed by atoms with E-state index in [1.165, 1.54) is 0 Å². The molecule has 0 heterocycles. The first-order valence-corrected chi connectivity index (χ1v) is 6.96. The van der Waals surface area contributed by atoms with Crippen molar-refractivity contribution in [3.8, 4) is 0 Å². The number of amides is 1. The highest BCUT2D eigenvalue weighted by molar-refractivity contribution is 6.30. The van der Waals surface area contributed by atoms with Crippen molar-refractivity contribution < 1.29 is 4.79 Å². The van der Waals surface area contributed by atoms with Crippen LogP contribution in [-0.4, -0.2) is 5.91 Å². The fourth-order valence-corrected chi connectivity index (χ4v) is 2.24. The average molecular weight is 288 g/mol. The number of anilines is 1. The van der Waals surface area contributed by atoms with Crippen LogP contribution in [0.15, 0.2) is 54.6 Å². The van der Waals surface area contributed by atoms with E-state index in [9.17, 15) is 4.79 Å². The molecule has 0 atom stereocenters. The van der Waals surface area contributed by atoms with Gasteiger partial charge in [0.1, 0.15) is 0 Å². The lowest BCUT2D eigenvalue weighted by molar-refractivity contribution is -0.123. The predicted octanol–water partition coefficient (Wildman–Crippen LogP) is 4.55. The minimum atomic E-state index is -0.482. The van der Waals surface area contributed by atoms with E-state index in [0.717, 1.165) is 11.3 Å². The summed E-state index contributed by atoms with van der Waals surface area (Å²) in [6.45, 7) is 3.89. The van der Waals surface area contributed by atoms with Crippen LogP contribution < -0.4 is 5.32 Å². The Morgan fingerprint density at radius 1 is 1.10 bits per heavy atom. The van der Waals surface area contributed by atoms with Gasteiger partial charge in [-0.2, -0.15) is 0 Å². The highest BCUT2D eigenvalue weighted by atomic mass is 35.5. The van der Waals surface area contributed by atoms with Gasteiger partial charge in [0.2, 0.25) is 5.91 Å². The van der Waals surface area contributed by atoms with Gasteiger partial charge in [0.25, 0.3) is 0 Å². The number of carbonyl (C=O) groups excluding carboxylic acids is 1. The summed E-state index contributed by atoms with van der Waals surface area (Å²) in [5.41, 5.74) is 1.39. The molecule has 0 saturated heterocycles. The van der Waals surface area contributed by atoms with Gasteiger partial charge in [-0.3, -0.25) is 4.79 Å². The molecule has 1 N–H and O–H groups in total. The van der Waals surface area contributed by atoms with E-state index in [-0.39, 0.29) is 5.91 Å². The Morgan fingerprint density at radius 3 is 2.45 bits per heavy atom. The van der Waals surface area contributed by atoms with Gasteiger partial charge in [-0.05, 0) is 30.2 Å². The normalized spacial score (nSPS) is 11.2. The number of hydrogen-bond donors (Lipinski definition) is 1. The largest absolute Gasteiger partial charge is 0.326 e. The summed E-state index contributed by atoms with van der Waals surface area (Å²) in [6.07, 6.45) is 0.695. The number of halogens is 1. The van der Waals surface area contributed by atoms with Crippen molar-refractivity contribution in [3.05, 3.63) is 65.2 Å². The predicted molar refractivity (Wildman–Crippen MR) is 84.0 cm³/mol. The second-order valence-electron chi connectivity index (χ2n) is 5.51. The van der Waals surface area contributed by atoms with E-state index < -0.39 is 5.41 Å². The number of benzene rings is 2. The van der Waals surface area contributed by atoms with Crippen LogP contribution in [0.4, 0.5) is 5.69 Å². The molecular formula is C17H18ClNO. The summed E-state index contributed by atoms with van der Waals surface area (Å²) in [4.78, 5) is 12.4. The number of hydrogen-bond acceptors (Lipinski definition) is 1. The van der Waals surface area contributed by atoms with Crippen LogP contribution in [-0.2, 0) is 11.2 Å². The first-order chi connectivity index (χ1) is 9.47. The maximum absolute atomic E-state index is 12.4. The van der Waals surface area contributed by atoms with Crippen molar-refractivity contribution >= 4 is 23.2 Å². The molecule has 1 amide bonds. The third kappa shape index (κ3) is 3.84. The first kappa shape index (κ1) is 14.6. The summed E-state index contributed by atoms with van der Waals surface area (Å²) in [5, 5.41) is 3.53. The van der Waals surface area contributed by atoms with E-state index in [1.54, 1.807) is 12.1 Å². The fourth-order valence-electron chi connectivity index (χ4n) is 2.05. The van der Waals surface area contributed by atoms with Crippen molar-refractivity contribution in [3.63, 3.8) is 0 Å². The zero-order valence-corrected chi connectivity index (χ0v) is 12.4. The molecular weight excluding hydrogens is 270 g/mol. The molecule has 2 rings (SSSR count). The van der Waals surface area contributed by atoms with Crippen molar-refractivity contribution in [2.45, 2.75) is 20.3 Å². The number of nitrogens with one attached hydrogen (secondary N) is 1. The third-order valence-electron chi connectivity index (χ3n) is 3.19. The topological polar surface area (TPSA) is 29.1 Å². The molecule has 0 aliphatic carbocycles. The molecule has 104 valence electrons. The standard InChI is InChI=1S/C17H18ClNO/c1-17(2,12-13-7-4-3-5-8-13)16(20)19-15-10-6-9-14(18)11-15/h3-11H,12H2,1-2H3,(H,19,20). The molecule has 2 aromatic rings. The third-order valence-corrected chi connectivity index (χ3v) is 3.42. The zero-order chi connectivity index (χ0) is 14.6. The van der Waals surface area contributed by atoms with Gasteiger partial charge in [0.15, 0.2) is 0 Å². The van der Waals surface area contributed by atoms with E-state index in [4.69, 9.17) is 11.6 Å². The molecule has 0 radical (unpaired) electrons. The van der Waals surface area contributed by atoms with Gasteiger partial charge in [0, 0.05) is 16.1 Å². The summed E-state index contributed by atoms with van der Waals surface area (Å²) in [5.74, 6) is -0.0105. The molecule has 2 nitrogen and oxygen atoms in total. The van der Waals surface area contributed by atoms with Crippen molar-refractivity contribution in [1.82, 2.24) is 0 Å². The Kier molecular flexibility index (Phi) is 4.46. The first-order valence-electron chi connectivity index (χ1n) is 6.58. The Morgan fingerprint density at radius 2 is 1.80 bits per heavy atom. The molecule has 0 aromatic heterocycles. The number of carbonyl (C=O) groups is 1.